The number of rotatable bonds is 4. The fourth-order valence-electron chi connectivity index (χ4n) is 3.87. The van der Waals surface area contributed by atoms with E-state index < -0.39 is 0 Å². The van der Waals surface area contributed by atoms with Crippen LogP contribution in [0.5, 0.6) is 0 Å². The summed E-state index contributed by atoms with van der Waals surface area (Å²) < 4.78 is 0. The first-order chi connectivity index (χ1) is 8.78. The van der Waals surface area contributed by atoms with Crippen LogP contribution in [0.4, 0.5) is 0 Å². The van der Waals surface area contributed by atoms with Gasteiger partial charge in [0.2, 0.25) is 0 Å². The van der Waals surface area contributed by atoms with Gasteiger partial charge in [0.1, 0.15) is 0 Å². The molecule has 1 nitrogen and oxygen atoms in total. The maximum atomic E-state index is 4.71. The van der Waals surface area contributed by atoms with E-state index >= 15 is 0 Å². The zero-order valence-corrected chi connectivity index (χ0v) is 13.1. The van der Waals surface area contributed by atoms with Crippen LogP contribution in [0.15, 0.2) is 0 Å². The van der Waals surface area contributed by atoms with Crippen molar-refractivity contribution in [1.82, 2.24) is 4.90 Å². The van der Waals surface area contributed by atoms with Crippen molar-refractivity contribution in [3.8, 4) is 0 Å². The van der Waals surface area contributed by atoms with E-state index in [-0.39, 0.29) is 0 Å². The van der Waals surface area contributed by atoms with Gasteiger partial charge in [-0.2, -0.15) is 12.6 Å². The van der Waals surface area contributed by atoms with E-state index in [0.717, 1.165) is 11.7 Å². The minimum absolute atomic E-state index is 0.540. The number of likely N-dealkylation sites (tertiary alicyclic amines) is 1. The second kappa shape index (κ2) is 7.19. The van der Waals surface area contributed by atoms with Gasteiger partial charge in [0.25, 0.3) is 0 Å². The van der Waals surface area contributed by atoms with Crippen LogP contribution in [-0.4, -0.2) is 30.3 Å². The van der Waals surface area contributed by atoms with E-state index in [0.29, 0.717) is 5.41 Å². The van der Waals surface area contributed by atoms with Gasteiger partial charge in [0.15, 0.2) is 0 Å². The Kier molecular flexibility index (Phi) is 5.88. The minimum Gasteiger partial charge on any atom is -0.303 e. The quantitative estimate of drug-likeness (QED) is 0.585. The highest BCUT2D eigenvalue weighted by Crippen LogP contribution is 2.37. The lowest BCUT2D eigenvalue weighted by atomic mass is 9.81. The minimum atomic E-state index is 0.540. The molecule has 1 saturated carbocycles. The van der Waals surface area contributed by atoms with Crippen LogP contribution in [-0.2, 0) is 0 Å². The molecule has 0 bridgehead atoms. The Balaban J connectivity index is 1.85. The Hall–Kier alpha value is 0.310. The van der Waals surface area contributed by atoms with E-state index in [9.17, 15) is 0 Å². The van der Waals surface area contributed by atoms with Crippen molar-refractivity contribution >= 4 is 12.6 Å². The predicted octanol–water partition coefficient (Wildman–Crippen LogP) is 4.38. The van der Waals surface area contributed by atoms with Crippen LogP contribution in [0, 0.1) is 11.3 Å². The summed E-state index contributed by atoms with van der Waals surface area (Å²) in [6.45, 7) is 6.36. The van der Waals surface area contributed by atoms with E-state index in [1.54, 1.807) is 0 Å². The topological polar surface area (TPSA) is 3.24 Å². The van der Waals surface area contributed by atoms with Crippen LogP contribution in [0.3, 0.4) is 0 Å². The first-order valence-electron chi connectivity index (χ1n) is 8.11. The van der Waals surface area contributed by atoms with Gasteiger partial charge in [-0.15, -0.1) is 0 Å². The summed E-state index contributed by atoms with van der Waals surface area (Å²) in [4.78, 5) is 2.74. The van der Waals surface area contributed by atoms with E-state index in [2.05, 4.69) is 11.8 Å². The van der Waals surface area contributed by atoms with Gasteiger partial charge in [-0.3, -0.25) is 0 Å². The lowest BCUT2D eigenvalue weighted by Crippen LogP contribution is -2.43. The Labute approximate surface area is 119 Å². The molecule has 0 N–H and O–H groups in total. The molecule has 0 aromatic carbocycles. The van der Waals surface area contributed by atoms with E-state index in [4.69, 9.17) is 12.6 Å². The van der Waals surface area contributed by atoms with Crippen molar-refractivity contribution in [1.29, 1.82) is 0 Å². The van der Waals surface area contributed by atoms with Crippen LogP contribution in [0.1, 0.15) is 64.7 Å². The number of thiol groups is 1. The number of nitrogens with zero attached hydrogens (tertiary/aromatic N) is 1. The molecular formula is C16H31NS. The fraction of sp³-hybridized carbons (Fsp3) is 1.00. The second-order valence-electron chi connectivity index (χ2n) is 6.70. The predicted molar refractivity (Wildman–Crippen MR) is 83.4 cm³/mol. The molecule has 18 heavy (non-hydrogen) atoms. The maximum Gasteiger partial charge on any atom is 0.00458 e. The third-order valence-electron chi connectivity index (χ3n) is 5.34. The molecule has 0 aromatic heterocycles. The summed E-state index contributed by atoms with van der Waals surface area (Å²) in [5, 5.41) is 0. The standard InChI is InChI=1S/C16H31NS/c1-2-15-7-11-17(12-8-15)13-16(14-18)9-5-3-4-6-10-16/h15,18H,2-14H2,1H3. The Morgan fingerprint density at radius 1 is 1.06 bits per heavy atom. The molecule has 0 unspecified atom stereocenters. The molecule has 1 saturated heterocycles. The summed E-state index contributed by atoms with van der Waals surface area (Å²) in [6, 6.07) is 0. The highest BCUT2D eigenvalue weighted by molar-refractivity contribution is 7.80. The molecule has 0 amide bonds. The van der Waals surface area contributed by atoms with Crippen molar-refractivity contribution in [3.63, 3.8) is 0 Å². The monoisotopic (exact) mass is 269 g/mol. The van der Waals surface area contributed by atoms with Crippen LogP contribution < -0.4 is 0 Å². The SMILES string of the molecule is CCC1CCN(CC2(CS)CCCCCC2)CC1. The van der Waals surface area contributed by atoms with E-state index in [1.165, 1.54) is 77.4 Å². The molecular weight excluding hydrogens is 238 g/mol. The molecule has 2 heteroatoms. The summed E-state index contributed by atoms with van der Waals surface area (Å²) in [5.41, 5.74) is 0.540. The summed E-state index contributed by atoms with van der Waals surface area (Å²) >= 11 is 4.71. The zero-order valence-electron chi connectivity index (χ0n) is 12.2. The molecule has 2 aliphatic rings. The van der Waals surface area contributed by atoms with Crippen molar-refractivity contribution < 1.29 is 0 Å². The zero-order chi connectivity index (χ0) is 12.8. The van der Waals surface area contributed by atoms with Crippen molar-refractivity contribution in [3.05, 3.63) is 0 Å². The molecule has 1 heterocycles. The first kappa shape index (κ1) is 14.7. The number of piperidine rings is 1. The Morgan fingerprint density at radius 3 is 2.17 bits per heavy atom. The normalized spacial score (nSPS) is 27.0. The van der Waals surface area contributed by atoms with Gasteiger partial charge in [-0.1, -0.05) is 39.0 Å². The molecule has 0 radical (unpaired) electrons. The van der Waals surface area contributed by atoms with Crippen molar-refractivity contribution in [2.75, 3.05) is 25.4 Å². The summed E-state index contributed by atoms with van der Waals surface area (Å²) in [6.07, 6.45) is 12.9. The molecule has 2 fully saturated rings. The van der Waals surface area contributed by atoms with Crippen LogP contribution in [0.25, 0.3) is 0 Å². The number of hydrogen-bond donors (Lipinski definition) is 1. The van der Waals surface area contributed by atoms with Gasteiger partial charge in [0.05, 0.1) is 0 Å². The highest BCUT2D eigenvalue weighted by atomic mass is 32.1. The van der Waals surface area contributed by atoms with Gasteiger partial charge < -0.3 is 4.90 Å². The van der Waals surface area contributed by atoms with Crippen molar-refractivity contribution in [2.45, 2.75) is 64.7 Å². The maximum absolute atomic E-state index is 4.71. The third-order valence-corrected chi connectivity index (χ3v) is 6.01. The molecule has 1 aliphatic carbocycles. The van der Waals surface area contributed by atoms with E-state index in [1.807, 2.05) is 0 Å². The molecule has 1 aliphatic heterocycles. The van der Waals surface area contributed by atoms with Crippen molar-refractivity contribution in [2.24, 2.45) is 11.3 Å². The fourth-order valence-corrected chi connectivity index (χ4v) is 4.29. The molecule has 0 spiro atoms. The van der Waals surface area contributed by atoms with Gasteiger partial charge in [0, 0.05) is 6.54 Å². The summed E-state index contributed by atoms with van der Waals surface area (Å²) in [7, 11) is 0. The lowest BCUT2D eigenvalue weighted by molar-refractivity contribution is 0.110. The van der Waals surface area contributed by atoms with Gasteiger partial charge in [-0.25, -0.2) is 0 Å². The van der Waals surface area contributed by atoms with Crippen LogP contribution >= 0.6 is 12.6 Å². The smallest absolute Gasteiger partial charge is 0.00458 e. The third kappa shape index (κ3) is 3.90. The molecule has 0 atom stereocenters. The Morgan fingerprint density at radius 2 is 1.67 bits per heavy atom. The highest BCUT2D eigenvalue weighted by Gasteiger charge is 2.32. The Bertz CT molecular complexity index is 225. The van der Waals surface area contributed by atoms with Gasteiger partial charge in [-0.05, 0) is 55.9 Å². The molecule has 0 aromatic rings. The van der Waals surface area contributed by atoms with Crippen LogP contribution in [0.2, 0.25) is 0 Å². The number of hydrogen-bond acceptors (Lipinski definition) is 2. The second-order valence-corrected chi connectivity index (χ2v) is 7.02. The molecule has 2 rings (SSSR count). The first-order valence-corrected chi connectivity index (χ1v) is 8.74. The average molecular weight is 269 g/mol. The average Bonchev–Trinajstić information content (AvgIpc) is 2.66. The largest absolute Gasteiger partial charge is 0.303 e. The lowest BCUT2D eigenvalue weighted by Gasteiger charge is -2.40. The summed E-state index contributed by atoms with van der Waals surface area (Å²) in [5.74, 6) is 2.10. The van der Waals surface area contributed by atoms with Gasteiger partial charge >= 0.3 is 0 Å². The molecule has 106 valence electrons.